The molecular formula is C14H20N2O4. The number of carbonyl (C=O) groups excluding carboxylic acids is 1. The predicted octanol–water partition coefficient (Wildman–Crippen LogP) is 2.04. The molecule has 0 aliphatic rings. The van der Waals surface area contributed by atoms with Crippen molar-refractivity contribution in [1.29, 1.82) is 0 Å². The van der Waals surface area contributed by atoms with Crippen molar-refractivity contribution in [2.24, 2.45) is 5.92 Å². The molecule has 2 atom stereocenters. The summed E-state index contributed by atoms with van der Waals surface area (Å²) in [5.41, 5.74) is 0.564. The Balaban J connectivity index is 2.78. The number of nitrogens with zero attached hydrogens (tertiary/aromatic N) is 1. The van der Waals surface area contributed by atoms with Crippen LogP contribution in [0.5, 0.6) is 5.75 Å². The molecule has 6 nitrogen and oxygen atoms in total. The fourth-order valence-corrected chi connectivity index (χ4v) is 1.71. The Bertz CT molecular complexity index is 473. The number of phenols is 1. The van der Waals surface area contributed by atoms with Gasteiger partial charge in [-0.1, -0.05) is 20.3 Å². The molecule has 0 bridgehead atoms. The second-order valence-corrected chi connectivity index (χ2v) is 4.73. The number of rotatable bonds is 5. The normalized spacial score (nSPS) is 13.3. The van der Waals surface area contributed by atoms with E-state index in [0.29, 0.717) is 12.1 Å². The van der Waals surface area contributed by atoms with Crippen molar-refractivity contribution in [3.05, 3.63) is 24.3 Å². The molecule has 1 aromatic rings. The summed E-state index contributed by atoms with van der Waals surface area (Å²) in [7, 11) is 1.54. The number of hydrogen-bond acceptors (Lipinski definition) is 3. The Labute approximate surface area is 118 Å². The van der Waals surface area contributed by atoms with Crippen molar-refractivity contribution in [1.82, 2.24) is 5.32 Å². The number of carbonyl (C=O) groups is 2. The number of aromatic hydroxyl groups is 1. The molecule has 1 aromatic carbocycles. The molecule has 0 unspecified atom stereocenters. The van der Waals surface area contributed by atoms with Crippen LogP contribution in [0.4, 0.5) is 10.5 Å². The molecule has 0 spiro atoms. The third kappa shape index (κ3) is 3.88. The second-order valence-electron chi connectivity index (χ2n) is 4.73. The van der Waals surface area contributed by atoms with E-state index in [4.69, 9.17) is 5.11 Å². The van der Waals surface area contributed by atoms with Crippen LogP contribution in [-0.4, -0.2) is 35.3 Å². The van der Waals surface area contributed by atoms with Gasteiger partial charge in [0.1, 0.15) is 11.8 Å². The van der Waals surface area contributed by atoms with Gasteiger partial charge in [-0.05, 0) is 30.2 Å². The molecule has 0 saturated heterocycles. The van der Waals surface area contributed by atoms with Gasteiger partial charge in [-0.25, -0.2) is 9.59 Å². The van der Waals surface area contributed by atoms with Crippen LogP contribution >= 0.6 is 0 Å². The van der Waals surface area contributed by atoms with Gasteiger partial charge in [0.05, 0.1) is 0 Å². The lowest BCUT2D eigenvalue weighted by Crippen LogP contribution is -2.49. The minimum atomic E-state index is -1.05. The van der Waals surface area contributed by atoms with Crippen LogP contribution < -0.4 is 10.2 Å². The molecule has 6 heteroatoms. The van der Waals surface area contributed by atoms with Gasteiger partial charge in [0.15, 0.2) is 0 Å². The number of urea groups is 1. The Morgan fingerprint density at radius 3 is 2.30 bits per heavy atom. The van der Waals surface area contributed by atoms with Crippen molar-refractivity contribution in [2.45, 2.75) is 26.3 Å². The molecule has 1 rings (SSSR count). The topological polar surface area (TPSA) is 89.9 Å². The zero-order valence-corrected chi connectivity index (χ0v) is 11.8. The Kier molecular flexibility index (Phi) is 5.37. The SMILES string of the molecule is CC[C@H](C)[C@H](NC(=O)N(C)c1ccc(O)cc1)C(=O)O. The molecule has 0 radical (unpaired) electrons. The number of phenolic OH excluding ortho intramolecular Hbond substituents is 1. The fraction of sp³-hybridized carbons (Fsp3) is 0.429. The number of anilines is 1. The fourth-order valence-electron chi connectivity index (χ4n) is 1.71. The van der Waals surface area contributed by atoms with Crippen LogP contribution in [0, 0.1) is 5.92 Å². The molecule has 0 aromatic heterocycles. The van der Waals surface area contributed by atoms with Crippen molar-refractivity contribution in [3.8, 4) is 5.75 Å². The van der Waals surface area contributed by atoms with Gasteiger partial charge < -0.3 is 15.5 Å². The summed E-state index contributed by atoms with van der Waals surface area (Å²) in [4.78, 5) is 24.5. The summed E-state index contributed by atoms with van der Waals surface area (Å²) < 4.78 is 0. The highest BCUT2D eigenvalue weighted by atomic mass is 16.4. The highest BCUT2D eigenvalue weighted by Crippen LogP contribution is 2.17. The average Bonchev–Trinajstić information content (AvgIpc) is 2.43. The van der Waals surface area contributed by atoms with E-state index in [1.807, 2.05) is 6.92 Å². The van der Waals surface area contributed by atoms with Gasteiger partial charge in [0.2, 0.25) is 0 Å². The molecule has 0 aliphatic carbocycles. The molecule has 3 N–H and O–H groups in total. The standard InChI is InChI=1S/C14H20N2O4/c1-4-9(2)12(13(18)19)15-14(20)16(3)10-5-7-11(17)8-6-10/h5-9,12,17H,4H2,1-3H3,(H,15,20)(H,18,19)/t9-,12-/m0/s1. The van der Waals surface area contributed by atoms with E-state index in [1.54, 1.807) is 19.1 Å². The average molecular weight is 280 g/mol. The number of hydrogen-bond donors (Lipinski definition) is 3. The summed E-state index contributed by atoms with van der Waals surface area (Å²) in [6, 6.07) is 4.66. The van der Waals surface area contributed by atoms with E-state index in [1.165, 1.54) is 24.1 Å². The van der Waals surface area contributed by atoms with Crippen LogP contribution in [0.3, 0.4) is 0 Å². The highest BCUT2D eigenvalue weighted by Gasteiger charge is 2.26. The zero-order chi connectivity index (χ0) is 15.3. The summed E-state index contributed by atoms with van der Waals surface area (Å²) in [5.74, 6) is -1.11. The lowest BCUT2D eigenvalue weighted by molar-refractivity contribution is -0.140. The first-order valence-electron chi connectivity index (χ1n) is 6.42. The largest absolute Gasteiger partial charge is 0.508 e. The predicted molar refractivity (Wildman–Crippen MR) is 75.9 cm³/mol. The van der Waals surface area contributed by atoms with Crippen molar-refractivity contribution in [2.75, 3.05) is 11.9 Å². The first-order valence-corrected chi connectivity index (χ1v) is 6.42. The first-order chi connectivity index (χ1) is 9.36. The third-order valence-electron chi connectivity index (χ3n) is 3.30. The number of benzene rings is 1. The first kappa shape index (κ1) is 15.8. The molecule has 20 heavy (non-hydrogen) atoms. The van der Waals surface area contributed by atoms with Crippen LogP contribution in [0.25, 0.3) is 0 Å². The zero-order valence-electron chi connectivity index (χ0n) is 11.8. The molecule has 0 aliphatic heterocycles. The minimum Gasteiger partial charge on any atom is -0.508 e. The number of carboxylic acid groups (broad SMARTS) is 1. The maximum absolute atomic E-state index is 12.1. The Morgan fingerprint density at radius 1 is 1.30 bits per heavy atom. The van der Waals surface area contributed by atoms with E-state index in [2.05, 4.69) is 5.32 Å². The Morgan fingerprint density at radius 2 is 1.85 bits per heavy atom. The van der Waals surface area contributed by atoms with Gasteiger partial charge in [-0.3, -0.25) is 4.90 Å². The van der Waals surface area contributed by atoms with E-state index < -0.39 is 18.0 Å². The molecule has 110 valence electrons. The number of nitrogens with one attached hydrogen (secondary N) is 1. The monoisotopic (exact) mass is 280 g/mol. The maximum atomic E-state index is 12.1. The second kappa shape index (κ2) is 6.79. The van der Waals surface area contributed by atoms with Crippen molar-refractivity contribution in [3.63, 3.8) is 0 Å². The van der Waals surface area contributed by atoms with E-state index in [0.717, 1.165) is 0 Å². The summed E-state index contributed by atoms with van der Waals surface area (Å²) in [6.45, 7) is 3.65. The van der Waals surface area contributed by atoms with Crippen molar-refractivity contribution >= 4 is 17.7 Å². The van der Waals surface area contributed by atoms with Crippen LogP contribution in [-0.2, 0) is 4.79 Å². The summed E-state index contributed by atoms with van der Waals surface area (Å²) >= 11 is 0. The van der Waals surface area contributed by atoms with Crippen LogP contribution in [0.1, 0.15) is 20.3 Å². The molecule has 0 fully saturated rings. The lowest BCUT2D eigenvalue weighted by atomic mass is 9.99. The molecule has 0 heterocycles. The third-order valence-corrected chi connectivity index (χ3v) is 3.30. The minimum absolute atomic E-state index is 0.102. The van der Waals surface area contributed by atoms with E-state index >= 15 is 0 Å². The number of carboxylic acids is 1. The molecular weight excluding hydrogens is 260 g/mol. The van der Waals surface area contributed by atoms with Gasteiger partial charge in [-0.2, -0.15) is 0 Å². The Hall–Kier alpha value is -2.24. The smallest absolute Gasteiger partial charge is 0.326 e. The van der Waals surface area contributed by atoms with Crippen molar-refractivity contribution < 1.29 is 19.8 Å². The lowest BCUT2D eigenvalue weighted by Gasteiger charge is -2.24. The maximum Gasteiger partial charge on any atom is 0.326 e. The number of aliphatic carboxylic acids is 1. The number of amides is 2. The summed E-state index contributed by atoms with van der Waals surface area (Å²) in [6.07, 6.45) is 0.653. The van der Waals surface area contributed by atoms with Crippen LogP contribution in [0.15, 0.2) is 24.3 Å². The molecule has 2 amide bonds. The summed E-state index contributed by atoms with van der Waals surface area (Å²) in [5, 5.41) is 20.9. The van der Waals surface area contributed by atoms with Gasteiger partial charge in [0, 0.05) is 12.7 Å². The van der Waals surface area contributed by atoms with Gasteiger partial charge in [0.25, 0.3) is 0 Å². The highest BCUT2D eigenvalue weighted by molar-refractivity contribution is 5.94. The van der Waals surface area contributed by atoms with Gasteiger partial charge in [-0.15, -0.1) is 0 Å². The van der Waals surface area contributed by atoms with Crippen LogP contribution in [0.2, 0.25) is 0 Å². The van der Waals surface area contributed by atoms with Gasteiger partial charge >= 0.3 is 12.0 Å². The molecule has 0 saturated carbocycles. The van der Waals surface area contributed by atoms with E-state index in [9.17, 15) is 14.7 Å². The quantitative estimate of drug-likeness (QED) is 0.770. The van der Waals surface area contributed by atoms with E-state index in [-0.39, 0.29) is 11.7 Å².